The summed E-state index contributed by atoms with van der Waals surface area (Å²) >= 11 is 1.58. The van der Waals surface area contributed by atoms with E-state index in [0.29, 0.717) is 17.6 Å². The first-order valence-electron chi connectivity index (χ1n) is 10.0. The summed E-state index contributed by atoms with van der Waals surface area (Å²) in [5.74, 6) is 1.69. The minimum Gasteiger partial charge on any atom is -0.391 e. The molecular weight excluding hydrogens is 360 g/mol. The average Bonchev–Trinajstić information content (AvgIpc) is 3.10. The number of likely N-dealkylation sites (N-methyl/N-ethyl adjacent to an activating group) is 1. The molecule has 4 rings (SSSR count). The number of hydrogen-bond donors (Lipinski definition) is 1. The molecule has 4 atom stereocenters. The van der Waals surface area contributed by atoms with Crippen LogP contribution in [0.25, 0.3) is 0 Å². The first-order valence-corrected chi connectivity index (χ1v) is 11.0. The highest BCUT2D eigenvalue weighted by Gasteiger charge is 2.44. The number of pyridine rings is 1. The zero-order valence-electron chi connectivity index (χ0n) is 16.0. The van der Waals surface area contributed by atoms with Crippen molar-refractivity contribution in [1.29, 1.82) is 0 Å². The summed E-state index contributed by atoms with van der Waals surface area (Å²) in [5, 5.41) is 10.7. The number of nitrogens with zero attached hydrogens (tertiary/aromatic N) is 4. The SMILES string of the molecule is CN1CCN([C@@H]2C[C@@H]3CN(C(=O)CSc4ccncc4)C[C@@H]3C[C@H]2O)CC1. The van der Waals surface area contributed by atoms with E-state index < -0.39 is 0 Å². The topological polar surface area (TPSA) is 59.9 Å². The minimum atomic E-state index is -0.254. The molecule has 3 fully saturated rings. The molecule has 0 radical (unpaired) electrons. The Balaban J connectivity index is 1.31. The predicted molar refractivity (Wildman–Crippen MR) is 107 cm³/mol. The highest BCUT2D eigenvalue weighted by molar-refractivity contribution is 8.00. The van der Waals surface area contributed by atoms with Gasteiger partial charge in [0.15, 0.2) is 0 Å². The maximum atomic E-state index is 12.7. The summed E-state index contributed by atoms with van der Waals surface area (Å²) in [6.45, 7) is 5.91. The van der Waals surface area contributed by atoms with Crippen LogP contribution in [0, 0.1) is 11.8 Å². The zero-order chi connectivity index (χ0) is 18.8. The van der Waals surface area contributed by atoms with E-state index in [1.807, 2.05) is 17.0 Å². The summed E-state index contributed by atoms with van der Waals surface area (Å²) in [6, 6.07) is 4.15. The maximum absolute atomic E-state index is 12.7. The minimum absolute atomic E-state index is 0.219. The van der Waals surface area contributed by atoms with Crippen molar-refractivity contribution < 1.29 is 9.90 Å². The lowest BCUT2D eigenvalue weighted by Gasteiger charge is -2.44. The van der Waals surface area contributed by atoms with Gasteiger partial charge in [-0.1, -0.05) is 0 Å². The van der Waals surface area contributed by atoms with Crippen LogP contribution >= 0.6 is 11.8 Å². The Hall–Kier alpha value is -1.15. The molecule has 27 heavy (non-hydrogen) atoms. The number of aliphatic hydroxyl groups excluding tert-OH is 1. The summed E-state index contributed by atoms with van der Waals surface area (Å²) in [6.07, 6.45) is 5.13. The third kappa shape index (κ3) is 4.47. The second-order valence-electron chi connectivity index (χ2n) is 8.24. The van der Waals surface area contributed by atoms with E-state index in [1.54, 1.807) is 24.2 Å². The van der Waals surface area contributed by atoms with E-state index in [-0.39, 0.29) is 18.1 Å². The van der Waals surface area contributed by atoms with E-state index in [2.05, 4.69) is 21.8 Å². The second kappa shape index (κ2) is 8.47. The van der Waals surface area contributed by atoms with Crippen LogP contribution in [0.4, 0.5) is 0 Å². The number of hydrogen-bond acceptors (Lipinski definition) is 6. The van der Waals surface area contributed by atoms with Crippen molar-refractivity contribution in [2.75, 3.05) is 52.1 Å². The number of carbonyl (C=O) groups excluding carboxylic acids is 1. The van der Waals surface area contributed by atoms with Crippen LogP contribution in [0.15, 0.2) is 29.4 Å². The van der Waals surface area contributed by atoms with Gasteiger partial charge in [-0.15, -0.1) is 11.8 Å². The molecule has 1 N–H and O–H groups in total. The van der Waals surface area contributed by atoms with Crippen LogP contribution < -0.4 is 0 Å². The van der Waals surface area contributed by atoms with Gasteiger partial charge in [0.1, 0.15) is 0 Å². The molecule has 0 spiro atoms. The number of fused-ring (bicyclic) bond motifs is 1. The molecule has 1 amide bonds. The number of aliphatic hydroxyl groups is 1. The lowest BCUT2D eigenvalue weighted by Crippen LogP contribution is -2.55. The number of carbonyl (C=O) groups is 1. The Morgan fingerprint density at radius 3 is 2.52 bits per heavy atom. The van der Waals surface area contributed by atoms with Crippen molar-refractivity contribution >= 4 is 17.7 Å². The third-order valence-corrected chi connectivity index (χ3v) is 7.48. The van der Waals surface area contributed by atoms with Gasteiger partial charge in [-0.3, -0.25) is 14.7 Å². The smallest absolute Gasteiger partial charge is 0.232 e. The Bertz CT molecular complexity index is 638. The van der Waals surface area contributed by atoms with E-state index in [1.165, 1.54) is 0 Å². The van der Waals surface area contributed by atoms with Crippen molar-refractivity contribution in [1.82, 2.24) is 19.7 Å². The quantitative estimate of drug-likeness (QED) is 0.775. The van der Waals surface area contributed by atoms with Gasteiger partial charge in [-0.25, -0.2) is 0 Å². The number of piperazine rings is 1. The summed E-state index contributed by atoms with van der Waals surface area (Å²) < 4.78 is 0. The first-order chi connectivity index (χ1) is 13.1. The molecule has 2 saturated heterocycles. The number of likely N-dealkylation sites (tertiary alicyclic amines) is 1. The van der Waals surface area contributed by atoms with Crippen molar-refractivity contribution in [3.63, 3.8) is 0 Å². The molecule has 3 aliphatic rings. The molecule has 6 nitrogen and oxygen atoms in total. The fraction of sp³-hybridized carbons (Fsp3) is 0.700. The van der Waals surface area contributed by atoms with Crippen molar-refractivity contribution in [2.45, 2.75) is 29.9 Å². The average molecular weight is 391 g/mol. The first kappa shape index (κ1) is 19.2. The zero-order valence-corrected chi connectivity index (χ0v) is 16.9. The largest absolute Gasteiger partial charge is 0.391 e. The highest BCUT2D eigenvalue weighted by Crippen LogP contribution is 2.38. The van der Waals surface area contributed by atoms with Crippen molar-refractivity contribution in [3.8, 4) is 0 Å². The predicted octanol–water partition coefficient (Wildman–Crippen LogP) is 1.02. The van der Waals surface area contributed by atoms with Crippen LogP contribution in [0.5, 0.6) is 0 Å². The number of thioether (sulfide) groups is 1. The molecule has 2 aliphatic heterocycles. The van der Waals surface area contributed by atoms with Gasteiger partial charge in [0.05, 0.1) is 11.9 Å². The van der Waals surface area contributed by atoms with Crippen molar-refractivity contribution in [2.24, 2.45) is 11.8 Å². The molecule has 0 unspecified atom stereocenters. The number of rotatable bonds is 4. The van der Waals surface area contributed by atoms with Crippen LogP contribution in [-0.4, -0.2) is 94.9 Å². The second-order valence-corrected chi connectivity index (χ2v) is 9.28. The summed E-state index contributed by atoms with van der Waals surface area (Å²) in [4.78, 5) is 24.6. The van der Waals surface area contributed by atoms with Crippen LogP contribution in [-0.2, 0) is 4.79 Å². The van der Waals surface area contributed by atoms with Crippen LogP contribution in [0.3, 0.4) is 0 Å². The Labute approximate surface area is 165 Å². The van der Waals surface area contributed by atoms with Gasteiger partial charge in [0, 0.05) is 62.6 Å². The van der Waals surface area contributed by atoms with E-state index in [0.717, 1.165) is 57.0 Å². The van der Waals surface area contributed by atoms with Gasteiger partial charge >= 0.3 is 0 Å². The highest BCUT2D eigenvalue weighted by atomic mass is 32.2. The van der Waals surface area contributed by atoms with Gasteiger partial charge in [-0.2, -0.15) is 0 Å². The summed E-state index contributed by atoms with van der Waals surface area (Å²) in [7, 11) is 2.16. The van der Waals surface area contributed by atoms with Crippen molar-refractivity contribution in [3.05, 3.63) is 24.5 Å². The fourth-order valence-corrected chi connectivity index (χ4v) is 5.61. The summed E-state index contributed by atoms with van der Waals surface area (Å²) in [5.41, 5.74) is 0. The van der Waals surface area contributed by atoms with E-state index in [9.17, 15) is 9.90 Å². The van der Waals surface area contributed by atoms with E-state index in [4.69, 9.17) is 0 Å². The molecule has 148 valence electrons. The standard InChI is InChI=1S/C20H30N4O2S/c1-22-6-8-23(9-7-22)18-10-15-12-24(13-16(15)11-19(18)25)20(26)14-27-17-2-4-21-5-3-17/h2-5,15-16,18-19,25H,6-14H2,1H3/t15-,16+,18-,19-/m1/s1. The van der Waals surface area contributed by atoms with Gasteiger partial charge in [0.2, 0.25) is 5.91 Å². The van der Waals surface area contributed by atoms with Gasteiger partial charge in [0.25, 0.3) is 0 Å². The lowest BCUT2D eigenvalue weighted by molar-refractivity contribution is -0.127. The molecule has 7 heteroatoms. The Kier molecular flexibility index (Phi) is 6.02. The van der Waals surface area contributed by atoms with Gasteiger partial charge < -0.3 is 14.9 Å². The fourth-order valence-electron chi connectivity index (χ4n) is 4.83. The Morgan fingerprint density at radius 2 is 1.81 bits per heavy atom. The number of aromatic nitrogens is 1. The molecule has 0 aromatic carbocycles. The molecule has 1 aromatic heterocycles. The molecule has 1 aromatic rings. The normalized spacial score (nSPS) is 32.4. The third-order valence-electron chi connectivity index (χ3n) is 6.48. The molecule has 1 saturated carbocycles. The molecule has 3 heterocycles. The number of amides is 1. The van der Waals surface area contributed by atoms with Crippen LogP contribution in [0.1, 0.15) is 12.8 Å². The van der Waals surface area contributed by atoms with E-state index >= 15 is 0 Å². The van der Waals surface area contributed by atoms with Gasteiger partial charge in [-0.05, 0) is 43.9 Å². The maximum Gasteiger partial charge on any atom is 0.232 e. The molecule has 1 aliphatic carbocycles. The monoisotopic (exact) mass is 390 g/mol. The molecular formula is C20H30N4O2S. The molecule has 0 bridgehead atoms. The van der Waals surface area contributed by atoms with Crippen LogP contribution in [0.2, 0.25) is 0 Å². The Morgan fingerprint density at radius 1 is 1.15 bits per heavy atom. The lowest BCUT2D eigenvalue weighted by atomic mass is 9.77.